The molecule has 4 heteroatoms. The minimum atomic E-state index is -0.872. The van der Waals surface area contributed by atoms with E-state index < -0.39 is 5.60 Å². The molecule has 114 valence electrons. The average Bonchev–Trinajstić information content (AvgIpc) is 2.34. The van der Waals surface area contributed by atoms with Crippen LogP contribution in [-0.2, 0) is 6.54 Å². The fourth-order valence-corrected chi connectivity index (χ4v) is 1.52. The molecule has 1 aromatic carbocycles. The second-order valence-corrected chi connectivity index (χ2v) is 6.49. The average molecular weight is 283 g/mol. The molecule has 0 fully saturated rings. The van der Waals surface area contributed by atoms with Gasteiger partial charge in [-0.15, -0.1) is 0 Å². The van der Waals surface area contributed by atoms with Gasteiger partial charge in [-0.1, -0.05) is 6.92 Å². The third-order valence-corrected chi connectivity index (χ3v) is 3.13. The van der Waals surface area contributed by atoms with E-state index >= 15 is 0 Å². The number of rotatable bonds is 6. The van der Waals surface area contributed by atoms with Crippen molar-refractivity contribution in [3.05, 3.63) is 29.6 Å². The zero-order valence-electron chi connectivity index (χ0n) is 13.1. The number of hydrogen-bond acceptors (Lipinski definition) is 3. The van der Waals surface area contributed by atoms with Crippen LogP contribution in [0.1, 0.15) is 46.6 Å². The van der Waals surface area contributed by atoms with Crippen LogP contribution in [0.25, 0.3) is 0 Å². The highest BCUT2D eigenvalue weighted by atomic mass is 19.1. The van der Waals surface area contributed by atoms with E-state index in [2.05, 4.69) is 26.1 Å². The van der Waals surface area contributed by atoms with E-state index in [4.69, 9.17) is 4.74 Å². The smallest absolute Gasteiger partial charge is 0.124 e. The Morgan fingerprint density at radius 2 is 1.90 bits per heavy atom. The number of benzene rings is 1. The Labute approximate surface area is 121 Å². The minimum Gasteiger partial charge on any atom is -0.490 e. The summed E-state index contributed by atoms with van der Waals surface area (Å²) in [5.74, 6) is 0.321. The van der Waals surface area contributed by atoms with Gasteiger partial charge < -0.3 is 15.2 Å². The molecular formula is C16H26FNO2. The van der Waals surface area contributed by atoms with E-state index in [1.54, 1.807) is 13.0 Å². The molecule has 3 nitrogen and oxygen atoms in total. The number of ether oxygens (including phenoxy) is 1. The van der Waals surface area contributed by atoms with Gasteiger partial charge in [-0.25, -0.2) is 4.39 Å². The van der Waals surface area contributed by atoms with E-state index in [9.17, 15) is 9.50 Å². The molecule has 1 atom stereocenters. The Kier molecular flexibility index (Phi) is 5.54. The van der Waals surface area contributed by atoms with Crippen molar-refractivity contribution in [3.8, 4) is 5.75 Å². The van der Waals surface area contributed by atoms with Crippen LogP contribution in [0.2, 0.25) is 0 Å². The van der Waals surface area contributed by atoms with Gasteiger partial charge in [0.25, 0.3) is 0 Å². The van der Waals surface area contributed by atoms with Crippen molar-refractivity contribution in [1.82, 2.24) is 5.32 Å². The molecular weight excluding hydrogens is 257 g/mol. The van der Waals surface area contributed by atoms with Crippen LogP contribution >= 0.6 is 0 Å². The van der Waals surface area contributed by atoms with Gasteiger partial charge in [-0.2, -0.15) is 0 Å². The van der Waals surface area contributed by atoms with Gasteiger partial charge in [0.2, 0.25) is 0 Å². The molecule has 20 heavy (non-hydrogen) atoms. The summed E-state index contributed by atoms with van der Waals surface area (Å²) in [7, 11) is 0. The van der Waals surface area contributed by atoms with Crippen LogP contribution < -0.4 is 10.1 Å². The van der Waals surface area contributed by atoms with Crippen molar-refractivity contribution in [2.24, 2.45) is 0 Å². The lowest BCUT2D eigenvalue weighted by atomic mass is 10.1. The quantitative estimate of drug-likeness (QED) is 0.842. The van der Waals surface area contributed by atoms with Gasteiger partial charge in [0.05, 0.1) is 5.60 Å². The van der Waals surface area contributed by atoms with Crippen molar-refractivity contribution in [2.45, 2.75) is 58.7 Å². The second kappa shape index (κ2) is 6.55. The summed E-state index contributed by atoms with van der Waals surface area (Å²) in [5.41, 5.74) is -0.173. The SMILES string of the molecule is CCC(C)(O)COc1ccc(F)cc1CNC(C)(C)C. The largest absolute Gasteiger partial charge is 0.490 e. The van der Waals surface area contributed by atoms with Crippen molar-refractivity contribution in [1.29, 1.82) is 0 Å². The van der Waals surface area contributed by atoms with Crippen LogP contribution in [0, 0.1) is 5.82 Å². The highest BCUT2D eigenvalue weighted by Gasteiger charge is 2.19. The summed E-state index contributed by atoms with van der Waals surface area (Å²) in [4.78, 5) is 0. The molecule has 0 bridgehead atoms. The van der Waals surface area contributed by atoms with Gasteiger partial charge in [-0.3, -0.25) is 0 Å². The summed E-state index contributed by atoms with van der Waals surface area (Å²) in [6, 6.07) is 4.45. The van der Waals surface area contributed by atoms with Crippen molar-refractivity contribution >= 4 is 0 Å². The van der Waals surface area contributed by atoms with Crippen LogP contribution in [-0.4, -0.2) is 22.9 Å². The number of halogens is 1. The molecule has 0 aliphatic rings. The van der Waals surface area contributed by atoms with Crippen molar-refractivity contribution in [3.63, 3.8) is 0 Å². The number of aliphatic hydroxyl groups is 1. The fourth-order valence-electron chi connectivity index (χ4n) is 1.52. The Morgan fingerprint density at radius 1 is 1.25 bits per heavy atom. The zero-order valence-corrected chi connectivity index (χ0v) is 13.1. The Balaban J connectivity index is 2.79. The number of nitrogens with one attached hydrogen (secondary N) is 1. The summed E-state index contributed by atoms with van der Waals surface area (Å²) >= 11 is 0. The van der Waals surface area contributed by atoms with E-state index in [1.165, 1.54) is 12.1 Å². The maximum Gasteiger partial charge on any atom is 0.124 e. The molecule has 0 amide bonds. The summed E-state index contributed by atoms with van der Waals surface area (Å²) in [5, 5.41) is 13.3. The van der Waals surface area contributed by atoms with E-state index in [-0.39, 0.29) is 18.0 Å². The molecule has 0 heterocycles. The highest BCUT2D eigenvalue weighted by molar-refractivity contribution is 5.34. The molecule has 0 spiro atoms. The first-order valence-corrected chi connectivity index (χ1v) is 7.01. The maximum absolute atomic E-state index is 13.4. The molecule has 0 aromatic heterocycles. The predicted molar refractivity (Wildman–Crippen MR) is 79.4 cm³/mol. The van der Waals surface area contributed by atoms with Gasteiger partial charge >= 0.3 is 0 Å². The normalized spacial score (nSPS) is 14.9. The van der Waals surface area contributed by atoms with Gasteiger partial charge in [0, 0.05) is 17.6 Å². The standard InChI is InChI=1S/C16H26FNO2/c1-6-16(5,19)11-20-14-8-7-13(17)9-12(14)10-18-15(2,3)4/h7-9,18-19H,6,10-11H2,1-5H3. The topological polar surface area (TPSA) is 41.5 Å². The van der Waals surface area contributed by atoms with Crippen LogP contribution in [0.15, 0.2) is 18.2 Å². The van der Waals surface area contributed by atoms with Crippen LogP contribution in [0.4, 0.5) is 4.39 Å². The summed E-state index contributed by atoms with van der Waals surface area (Å²) < 4.78 is 19.0. The van der Waals surface area contributed by atoms with E-state index in [0.717, 1.165) is 5.56 Å². The minimum absolute atomic E-state index is 0.0570. The maximum atomic E-state index is 13.4. The molecule has 1 unspecified atom stereocenters. The molecule has 2 N–H and O–H groups in total. The number of hydrogen-bond donors (Lipinski definition) is 2. The molecule has 1 rings (SSSR count). The third-order valence-electron chi connectivity index (χ3n) is 3.13. The van der Waals surface area contributed by atoms with Gasteiger partial charge in [0.15, 0.2) is 0 Å². The lowest BCUT2D eigenvalue weighted by Crippen LogP contribution is -2.35. The summed E-state index contributed by atoms with van der Waals surface area (Å²) in [6.07, 6.45) is 0.601. The highest BCUT2D eigenvalue weighted by Crippen LogP contribution is 2.22. The van der Waals surface area contributed by atoms with Crippen LogP contribution in [0.5, 0.6) is 5.75 Å². The molecule has 1 aromatic rings. The first kappa shape index (κ1) is 16.9. The van der Waals surface area contributed by atoms with Gasteiger partial charge in [0.1, 0.15) is 18.2 Å². The first-order chi connectivity index (χ1) is 9.13. The van der Waals surface area contributed by atoms with E-state index in [0.29, 0.717) is 18.7 Å². The van der Waals surface area contributed by atoms with E-state index in [1.807, 2.05) is 6.92 Å². The molecule has 0 radical (unpaired) electrons. The Bertz CT molecular complexity index is 439. The fraction of sp³-hybridized carbons (Fsp3) is 0.625. The molecule has 0 saturated heterocycles. The predicted octanol–water partition coefficient (Wildman–Crippen LogP) is 3.25. The first-order valence-electron chi connectivity index (χ1n) is 7.01. The van der Waals surface area contributed by atoms with Crippen molar-refractivity contribution < 1.29 is 14.2 Å². The zero-order chi connectivity index (χ0) is 15.4. The lowest BCUT2D eigenvalue weighted by molar-refractivity contribution is 0.00811. The Hall–Kier alpha value is -1.13. The molecule has 0 aliphatic heterocycles. The lowest BCUT2D eigenvalue weighted by Gasteiger charge is -2.24. The van der Waals surface area contributed by atoms with Crippen molar-refractivity contribution in [2.75, 3.05) is 6.61 Å². The summed E-state index contributed by atoms with van der Waals surface area (Å²) in [6.45, 7) is 10.5. The molecule has 0 aliphatic carbocycles. The molecule has 0 saturated carbocycles. The second-order valence-electron chi connectivity index (χ2n) is 6.49. The monoisotopic (exact) mass is 283 g/mol. The van der Waals surface area contributed by atoms with Gasteiger partial charge in [-0.05, 0) is 52.3 Å². The van der Waals surface area contributed by atoms with Crippen LogP contribution in [0.3, 0.4) is 0 Å². The Morgan fingerprint density at radius 3 is 2.45 bits per heavy atom. The third kappa shape index (κ3) is 5.88.